The second kappa shape index (κ2) is 5.18. The van der Waals surface area contributed by atoms with E-state index in [0.29, 0.717) is 5.56 Å². The predicted octanol–water partition coefficient (Wildman–Crippen LogP) is 2.24. The molecule has 0 atom stereocenters. The van der Waals surface area contributed by atoms with E-state index in [1.54, 1.807) is 12.1 Å². The third-order valence-electron chi connectivity index (χ3n) is 3.13. The van der Waals surface area contributed by atoms with E-state index in [1.165, 1.54) is 11.6 Å². The first-order chi connectivity index (χ1) is 8.61. The summed E-state index contributed by atoms with van der Waals surface area (Å²) < 4.78 is 0. The second-order valence-electron chi connectivity index (χ2n) is 4.49. The van der Waals surface area contributed by atoms with Crippen LogP contribution in [0.3, 0.4) is 0 Å². The summed E-state index contributed by atoms with van der Waals surface area (Å²) in [4.78, 5) is 12.5. The van der Waals surface area contributed by atoms with Crippen molar-refractivity contribution in [1.82, 2.24) is 0 Å². The van der Waals surface area contributed by atoms with Crippen LogP contribution in [0.1, 0.15) is 18.9 Å². The monoisotopic (exact) mass is 248 g/mol. The van der Waals surface area contributed by atoms with Crippen LogP contribution in [0, 0.1) is 10.1 Å². The summed E-state index contributed by atoms with van der Waals surface area (Å²) in [6, 6.07) is 4.92. The highest BCUT2D eigenvalue weighted by Gasteiger charge is 2.17. The van der Waals surface area contributed by atoms with Crippen LogP contribution < -0.4 is 4.90 Å². The molecule has 18 heavy (non-hydrogen) atoms. The molecule has 0 saturated heterocycles. The lowest BCUT2D eigenvalue weighted by Crippen LogP contribution is -2.29. The van der Waals surface area contributed by atoms with Gasteiger partial charge in [0.05, 0.1) is 17.1 Å². The number of nitrogens with zero attached hydrogens (tertiary/aromatic N) is 2. The van der Waals surface area contributed by atoms with E-state index in [-0.39, 0.29) is 12.3 Å². The number of nitro benzene ring substituents is 1. The van der Waals surface area contributed by atoms with Crippen molar-refractivity contribution in [2.24, 2.45) is 0 Å². The van der Waals surface area contributed by atoms with Crippen molar-refractivity contribution < 1.29 is 10.0 Å². The Morgan fingerprint density at radius 1 is 1.50 bits per heavy atom. The smallest absolute Gasteiger partial charge is 0.275 e. The maximum Gasteiger partial charge on any atom is 0.275 e. The van der Waals surface area contributed by atoms with Gasteiger partial charge in [0.25, 0.3) is 5.69 Å². The molecule has 0 radical (unpaired) electrons. The molecule has 0 spiro atoms. The molecule has 1 aliphatic heterocycles. The van der Waals surface area contributed by atoms with Crippen molar-refractivity contribution in [2.45, 2.75) is 20.0 Å². The molecule has 0 fully saturated rings. The number of rotatable bonds is 3. The first-order valence-electron chi connectivity index (χ1n) is 5.90. The number of aliphatic hydroxyl groups is 1. The van der Waals surface area contributed by atoms with Crippen LogP contribution in [-0.2, 0) is 6.61 Å². The van der Waals surface area contributed by atoms with Gasteiger partial charge in [-0.15, -0.1) is 0 Å². The molecule has 0 aromatic heterocycles. The van der Waals surface area contributed by atoms with Crippen molar-refractivity contribution in [2.75, 3.05) is 18.0 Å². The lowest BCUT2D eigenvalue weighted by Gasteiger charge is -2.28. The zero-order valence-corrected chi connectivity index (χ0v) is 10.3. The highest BCUT2D eigenvalue weighted by Crippen LogP contribution is 2.26. The van der Waals surface area contributed by atoms with Gasteiger partial charge in [0, 0.05) is 24.8 Å². The Labute approximate surface area is 105 Å². The fraction of sp³-hybridized carbons (Fsp3) is 0.385. The Balaban J connectivity index is 2.30. The summed E-state index contributed by atoms with van der Waals surface area (Å²) in [6.45, 7) is 3.50. The van der Waals surface area contributed by atoms with Gasteiger partial charge >= 0.3 is 0 Å². The van der Waals surface area contributed by atoms with Gasteiger partial charge in [0.1, 0.15) is 0 Å². The SMILES string of the molecule is CC1=CCCN(c2ccc([N+](=O)[O-])c(CO)c2)C1. The molecule has 0 bridgehead atoms. The normalized spacial score (nSPS) is 15.4. The molecular weight excluding hydrogens is 232 g/mol. The lowest BCUT2D eigenvalue weighted by molar-refractivity contribution is -0.385. The fourth-order valence-corrected chi connectivity index (χ4v) is 2.21. The summed E-state index contributed by atoms with van der Waals surface area (Å²) in [6.07, 6.45) is 3.19. The molecule has 1 aliphatic rings. The van der Waals surface area contributed by atoms with Gasteiger partial charge in [-0.2, -0.15) is 0 Å². The number of hydrogen-bond donors (Lipinski definition) is 1. The lowest BCUT2D eigenvalue weighted by atomic mass is 10.1. The molecule has 0 saturated carbocycles. The minimum atomic E-state index is -0.462. The van der Waals surface area contributed by atoms with Gasteiger partial charge in [-0.1, -0.05) is 11.6 Å². The molecule has 0 aliphatic carbocycles. The van der Waals surface area contributed by atoms with E-state index in [9.17, 15) is 15.2 Å². The Morgan fingerprint density at radius 2 is 2.28 bits per heavy atom. The molecule has 5 nitrogen and oxygen atoms in total. The summed E-state index contributed by atoms with van der Waals surface area (Å²) in [5.74, 6) is 0. The van der Waals surface area contributed by atoms with Crippen LogP contribution in [0.15, 0.2) is 29.8 Å². The maximum atomic E-state index is 10.8. The van der Waals surface area contributed by atoms with E-state index in [1.807, 2.05) is 0 Å². The van der Waals surface area contributed by atoms with Gasteiger partial charge in [-0.25, -0.2) is 0 Å². The average Bonchev–Trinajstić information content (AvgIpc) is 2.37. The molecule has 2 rings (SSSR count). The fourth-order valence-electron chi connectivity index (χ4n) is 2.21. The molecule has 5 heteroatoms. The van der Waals surface area contributed by atoms with Crippen molar-refractivity contribution in [1.29, 1.82) is 0 Å². The standard InChI is InChI=1S/C13H16N2O3/c1-10-3-2-6-14(8-10)12-4-5-13(15(17)18)11(7-12)9-16/h3-5,7,16H,2,6,8-9H2,1H3. The third kappa shape index (κ3) is 2.51. The first-order valence-corrected chi connectivity index (χ1v) is 5.90. The van der Waals surface area contributed by atoms with E-state index >= 15 is 0 Å². The molecule has 1 heterocycles. The number of aliphatic hydroxyl groups excluding tert-OH is 1. The van der Waals surface area contributed by atoms with Crippen molar-refractivity contribution in [3.05, 3.63) is 45.5 Å². The van der Waals surface area contributed by atoms with Gasteiger partial charge in [-0.3, -0.25) is 10.1 Å². The van der Waals surface area contributed by atoms with Crippen LogP contribution in [-0.4, -0.2) is 23.1 Å². The zero-order valence-electron chi connectivity index (χ0n) is 10.3. The largest absolute Gasteiger partial charge is 0.391 e. The van der Waals surface area contributed by atoms with Crippen LogP contribution in [0.5, 0.6) is 0 Å². The van der Waals surface area contributed by atoms with E-state index in [2.05, 4.69) is 17.9 Å². The van der Waals surface area contributed by atoms with Gasteiger partial charge < -0.3 is 10.0 Å². The van der Waals surface area contributed by atoms with E-state index in [0.717, 1.165) is 25.2 Å². The maximum absolute atomic E-state index is 10.8. The predicted molar refractivity (Wildman–Crippen MR) is 69.6 cm³/mol. The molecule has 96 valence electrons. The summed E-state index contributed by atoms with van der Waals surface area (Å²) in [5, 5.41) is 20.0. The van der Waals surface area contributed by atoms with E-state index in [4.69, 9.17) is 0 Å². The number of nitro groups is 1. The quantitative estimate of drug-likeness (QED) is 0.506. The van der Waals surface area contributed by atoms with E-state index < -0.39 is 4.92 Å². The molecule has 1 aromatic carbocycles. The summed E-state index contributed by atoms with van der Waals surface area (Å²) >= 11 is 0. The first kappa shape index (κ1) is 12.6. The number of anilines is 1. The highest BCUT2D eigenvalue weighted by atomic mass is 16.6. The zero-order chi connectivity index (χ0) is 13.1. The minimum absolute atomic E-state index is 0.0227. The van der Waals surface area contributed by atoms with Gasteiger partial charge in [0.15, 0.2) is 0 Å². The van der Waals surface area contributed by atoms with Crippen LogP contribution >= 0.6 is 0 Å². The molecule has 1 N–H and O–H groups in total. The van der Waals surface area contributed by atoms with Crippen LogP contribution in [0.4, 0.5) is 11.4 Å². The highest BCUT2D eigenvalue weighted by molar-refractivity contribution is 5.56. The number of hydrogen-bond acceptors (Lipinski definition) is 4. The van der Waals surface area contributed by atoms with Crippen molar-refractivity contribution in [3.63, 3.8) is 0 Å². The van der Waals surface area contributed by atoms with Gasteiger partial charge in [0.2, 0.25) is 0 Å². The third-order valence-corrected chi connectivity index (χ3v) is 3.13. The Morgan fingerprint density at radius 3 is 2.89 bits per heavy atom. The van der Waals surface area contributed by atoms with Crippen LogP contribution in [0.25, 0.3) is 0 Å². The van der Waals surface area contributed by atoms with Crippen LogP contribution in [0.2, 0.25) is 0 Å². The topological polar surface area (TPSA) is 66.6 Å². The van der Waals surface area contributed by atoms with Crippen molar-refractivity contribution in [3.8, 4) is 0 Å². The van der Waals surface area contributed by atoms with Crippen molar-refractivity contribution >= 4 is 11.4 Å². The average molecular weight is 248 g/mol. The Bertz CT molecular complexity index is 497. The molecule has 0 amide bonds. The Kier molecular flexibility index (Phi) is 3.62. The molecular formula is C13H16N2O3. The van der Waals surface area contributed by atoms with Gasteiger partial charge in [-0.05, 0) is 25.5 Å². The molecule has 0 unspecified atom stereocenters. The number of benzene rings is 1. The summed E-state index contributed by atoms with van der Waals surface area (Å²) in [5.41, 5.74) is 2.57. The summed E-state index contributed by atoms with van der Waals surface area (Å²) in [7, 11) is 0. The Hall–Kier alpha value is -1.88. The minimum Gasteiger partial charge on any atom is -0.391 e. The molecule has 1 aromatic rings. The second-order valence-corrected chi connectivity index (χ2v) is 4.49.